The smallest absolute Gasteiger partial charge is 0.251 e. The molecule has 1 aliphatic heterocycles. The fraction of sp³-hybridized carbons (Fsp3) is 0.462. The zero-order valence-electron chi connectivity index (χ0n) is 10.9. The van der Waals surface area contributed by atoms with Crippen LogP contribution in [0.15, 0.2) is 18.2 Å². The van der Waals surface area contributed by atoms with Crippen molar-refractivity contribution in [3.05, 3.63) is 28.8 Å². The summed E-state index contributed by atoms with van der Waals surface area (Å²) >= 11 is 5.87. The van der Waals surface area contributed by atoms with Crippen LogP contribution in [0, 0.1) is 0 Å². The van der Waals surface area contributed by atoms with Crippen molar-refractivity contribution in [2.24, 2.45) is 0 Å². The molecule has 0 spiro atoms. The topological polar surface area (TPSA) is 73.6 Å². The number of hydrogen-bond donors (Lipinski definition) is 2. The van der Waals surface area contributed by atoms with Gasteiger partial charge in [0.2, 0.25) is 0 Å². The van der Waals surface area contributed by atoms with Gasteiger partial charge in [0, 0.05) is 12.1 Å². The molecular formula is C13H17ClN2O3. The number of nitrogens with one attached hydrogen (secondary N) is 1. The number of anilines is 1. The molecule has 1 aromatic rings. The van der Waals surface area contributed by atoms with Crippen LogP contribution in [0.5, 0.6) is 0 Å². The van der Waals surface area contributed by atoms with Crippen LogP contribution in [0.2, 0.25) is 5.02 Å². The molecule has 1 fully saturated rings. The number of hydrogen-bond acceptors (Lipinski definition) is 4. The van der Waals surface area contributed by atoms with Gasteiger partial charge >= 0.3 is 0 Å². The molecule has 1 aliphatic rings. The lowest BCUT2D eigenvalue weighted by Gasteiger charge is -2.17. The third kappa shape index (κ3) is 3.59. The van der Waals surface area contributed by atoms with Crippen molar-refractivity contribution in [1.82, 2.24) is 5.32 Å². The zero-order chi connectivity index (χ0) is 14.0. The van der Waals surface area contributed by atoms with Crippen LogP contribution in [-0.2, 0) is 9.47 Å². The van der Waals surface area contributed by atoms with Crippen molar-refractivity contribution < 1.29 is 14.3 Å². The molecule has 19 heavy (non-hydrogen) atoms. The molecule has 1 heterocycles. The molecule has 1 saturated heterocycles. The van der Waals surface area contributed by atoms with Crippen LogP contribution in [0.1, 0.15) is 24.2 Å². The lowest BCUT2D eigenvalue weighted by atomic mass is 10.2. The molecule has 0 radical (unpaired) electrons. The molecule has 0 saturated carbocycles. The SMILES string of the molecule is CC1(C)OCC(CNC(=O)c2ccc(N)c(Cl)c2)O1. The van der Waals surface area contributed by atoms with E-state index in [4.69, 9.17) is 26.8 Å². The van der Waals surface area contributed by atoms with Gasteiger partial charge in [0.1, 0.15) is 6.10 Å². The van der Waals surface area contributed by atoms with Gasteiger partial charge in [-0.2, -0.15) is 0 Å². The van der Waals surface area contributed by atoms with E-state index >= 15 is 0 Å². The normalized spacial score (nSPS) is 21.3. The van der Waals surface area contributed by atoms with E-state index in [1.807, 2.05) is 13.8 Å². The summed E-state index contributed by atoms with van der Waals surface area (Å²) in [5, 5.41) is 3.15. The quantitative estimate of drug-likeness (QED) is 0.830. The Hall–Kier alpha value is -1.30. The Labute approximate surface area is 117 Å². The van der Waals surface area contributed by atoms with Crippen LogP contribution in [0.25, 0.3) is 0 Å². The van der Waals surface area contributed by atoms with E-state index in [1.54, 1.807) is 18.2 Å². The summed E-state index contributed by atoms with van der Waals surface area (Å²) < 4.78 is 11.0. The molecule has 1 aromatic carbocycles. The van der Waals surface area contributed by atoms with Crippen molar-refractivity contribution in [3.8, 4) is 0 Å². The second kappa shape index (κ2) is 5.36. The summed E-state index contributed by atoms with van der Waals surface area (Å²) in [5.74, 6) is -0.796. The van der Waals surface area contributed by atoms with E-state index in [0.717, 1.165) is 0 Å². The van der Waals surface area contributed by atoms with Crippen molar-refractivity contribution in [3.63, 3.8) is 0 Å². The number of nitrogen functional groups attached to an aromatic ring is 1. The number of benzene rings is 1. The van der Waals surface area contributed by atoms with Crippen molar-refractivity contribution in [2.75, 3.05) is 18.9 Å². The Morgan fingerprint density at radius 1 is 1.58 bits per heavy atom. The molecular weight excluding hydrogens is 268 g/mol. The van der Waals surface area contributed by atoms with Crippen molar-refractivity contribution >= 4 is 23.2 Å². The zero-order valence-corrected chi connectivity index (χ0v) is 11.7. The first-order chi connectivity index (χ1) is 8.87. The molecule has 1 atom stereocenters. The minimum atomic E-state index is -0.583. The first kappa shape index (κ1) is 14.1. The minimum Gasteiger partial charge on any atom is -0.398 e. The van der Waals surface area contributed by atoms with Gasteiger partial charge in [0.05, 0.1) is 17.3 Å². The van der Waals surface area contributed by atoms with E-state index in [-0.39, 0.29) is 12.0 Å². The molecule has 0 bridgehead atoms. The molecule has 6 heteroatoms. The number of amides is 1. The van der Waals surface area contributed by atoms with Gasteiger partial charge in [0.15, 0.2) is 5.79 Å². The third-order valence-corrected chi connectivity index (χ3v) is 3.15. The maximum absolute atomic E-state index is 11.9. The Morgan fingerprint density at radius 3 is 2.89 bits per heavy atom. The predicted octanol–water partition coefficient (Wildman–Crippen LogP) is 1.80. The van der Waals surface area contributed by atoms with Gasteiger partial charge in [0.25, 0.3) is 5.91 Å². The van der Waals surface area contributed by atoms with Crippen LogP contribution in [0.4, 0.5) is 5.69 Å². The van der Waals surface area contributed by atoms with Crippen LogP contribution in [-0.4, -0.2) is 30.9 Å². The van der Waals surface area contributed by atoms with Gasteiger partial charge in [-0.1, -0.05) is 11.6 Å². The second-order valence-electron chi connectivity index (χ2n) is 4.90. The first-order valence-electron chi connectivity index (χ1n) is 6.02. The Morgan fingerprint density at radius 2 is 2.32 bits per heavy atom. The largest absolute Gasteiger partial charge is 0.398 e. The average Bonchev–Trinajstić information content (AvgIpc) is 2.69. The molecule has 104 valence electrons. The number of carbonyl (C=O) groups excluding carboxylic acids is 1. The van der Waals surface area contributed by atoms with E-state index in [2.05, 4.69) is 5.32 Å². The third-order valence-electron chi connectivity index (χ3n) is 2.82. The predicted molar refractivity (Wildman–Crippen MR) is 73.1 cm³/mol. The lowest BCUT2D eigenvalue weighted by molar-refractivity contribution is -0.137. The summed E-state index contributed by atoms with van der Waals surface area (Å²) in [5.41, 5.74) is 6.51. The number of nitrogens with two attached hydrogens (primary N) is 1. The lowest BCUT2D eigenvalue weighted by Crippen LogP contribution is -2.34. The maximum atomic E-state index is 11.9. The number of halogens is 1. The number of rotatable bonds is 3. The standard InChI is InChI=1S/C13H17ClN2O3/c1-13(2)18-7-9(19-13)6-16-12(17)8-3-4-11(15)10(14)5-8/h3-5,9H,6-7,15H2,1-2H3,(H,16,17). The maximum Gasteiger partial charge on any atom is 0.251 e. The molecule has 1 amide bonds. The fourth-order valence-corrected chi connectivity index (χ4v) is 2.02. The monoisotopic (exact) mass is 284 g/mol. The van der Waals surface area contributed by atoms with Gasteiger partial charge < -0.3 is 20.5 Å². The molecule has 5 nitrogen and oxygen atoms in total. The van der Waals surface area contributed by atoms with Gasteiger partial charge in [-0.15, -0.1) is 0 Å². The molecule has 3 N–H and O–H groups in total. The second-order valence-corrected chi connectivity index (χ2v) is 5.30. The highest BCUT2D eigenvalue weighted by Crippen LogP contribution is 2.22. The van der Waals surface area contributed by atoms with Gasteiger partial charge in [-0.05, 0) is 32.0 Å². The highest BCUT2D eigenvalue weighted by Gasteiger charge is 2.32. The van der Waals surface area contributed by atoms with Crippen molar-refractivity contribution in [2.45, 2.75) is 25.7 Å². The summed E-state index contributed by atoms with van der Waals surface area (Å²) in [7, 11) is 0. The highest BCUT2D eigenvalue weighted by atomic mass is 35.5. The molecule has 0 aliphatic carbocycles. The Balaban J connectivity index is 1.89. The molecule has 0 aromatic heterocycles. The molecule has 1 unspecified atom stereocenters. The van der Waals surface area contributed by atoms with E-state index < -0.39 is 5.79 Å². The summed E-state index contributed by atoms with van der Waals surface area (Å²) in [6.45, 7) is 4.54. The van der Waals surface area contributed by atoms with Gasteiger partial charge in [-0.3, -0.25) is 4.79 Å². The summed E-state index contributed by atoms with van der Waals surface area (Å²) in [6.07, 6.45) is -0.136. The Kier molecular flexibility index (Phi) is 3.99. The van der Waals surface area contributed by atoms with Crippen LogP contribution >= 0.6 is 11.6 Å². The van der Waals surface area contributed by atoms with Crippen LogP contribution in [0.3, 0.4) is 0 Å². The van der Waals surface area contributed by atoms with Gasteiger partial charge in [-0.25, -0.2) is 0 Å². The van der Waals surface area contributed by atoms with E-state index in [1.165, 1.54) is 0 Å². The first-order valence-corrected chi connectivity index (χ1v) is 6.40. The highest BCUT2D eigenvalue weighted by molar-refractivity contribution is 6.33. The Bertz CT molecular complexity index is 491. The van der Waals surface area contributed by atoms with Crippen molar-refractivity contribution in [1.29, 1.82) is 0 Å². The fourth-order valence-electron chi connectivity index (χ4n) is 1.84. The average molecular weight is 285 g/mol. The van der Waals surface area contributed by atoms with E-state index in [0.29, 0.717) is 29.4 Å². The molecule has 2 rings (SSSR count). The number of carbonyl (C=O) groups is 1. The van der Waals surface area contributed by atoms with Crippen LogP contribution < -0.4 is 11.1 Å². The summed E-state index contributed by atoms with van der Waals surface area (Å²) in [6, 6.07) is 4.78. The van der Waals surface area contributed by atoms with E-state index in [9.17, 15) is 4.79 Å². The summed E-state index contributed by atoms with van der Waals surface area (Å²) in [4.78, 5) is 11.9. The minimum absolute atomic E-state index is 0.136. The number of ether oxygens (including phenoxy) is 2.